The van der Waals surface area contributed by atoms with Crippen molar-refractivity contribution in [3.05, 3.63) is 64.7 Å². The predicted octanol–water partition coefficient (Wildman–Crippen LogP) is 4.33. The molecule has 1 atom stereocenters. The predicted molar refractivity (Wildman–Crippen MR) is 111 cm³/mol. The van der Waals surface area contributed by atoms with Crippen molar-refractivity contribution in [1.82, 2.24) is 10.6 Å². The van der Waals surface area contributed by atoms with Gasteiger partial charge in [-0.25, -0.2) is 8.78 Å². The van der Waals surface area contributed by atoms with Gasteiger partial charge in [0.25, 0.3) is 0 Å². The van der Waals surface area contributed by atoms with Gasteiger partial charge in [-0.2, -0.15) is 0 Å². The molecule has 0 aliphatic rings. The summed E-state index contributed by atoms with van der Waals surface area (Å²) in [5.41, 5.74) is 2.80. The number of ether oxygens (including phenoxy) is 1. The van der Waals surface area contributed by atoms with E-state index in [4.69, 9.17) is 4.74 Å². The van der Waals surface area contributed by atoms with Crippen LogP contribution in [-0.2, 0) is 6.54 Å². The van der Waals surface area contributed by atoms with E-state index in [0.717, 1.165) is 22.9 Å². The van der Waals surface area contributed by atoms with Crippen molar-refractivity contribution in [1.29, 1.82) is 0 Å². The number of hydrogen-bond acceptors (Lipinski definition) is 2. The highest BCUT2D eigenvalue weighted by Gasteiger charge is 2.11. The van der Waals surface area contributed by atoms with Gasteiger partial charge in [-0.1, -0.05) is 12.1 Å². The Kier molecular flexibility index (Phi) is 8.77. The van der Waals surface area contributed by atoms with Crippen LogP contribution in [0.2, 0.25) is 0 Å². The van der Waals surface area contributed by atoms with Gasteiger partial charge in [-0.05, 0) is 54.8 Å². The lowest BCUT2D eigenvalue weighted by Gasteiger charge is -2.19. The van der Waals surface area contributed by atoms with Crippen LogP contribution in [0, 0.1) is 18.6 Å². The summed E-state index contributed by atoms with van der Waals surface area (Å²) in [5, 5.41) is 6.37. The molecule has 7 heteroatoms. The lowest BCUT2D eigenvalue weighted by Crippen LogP contribution is -2.38. The maximum absolute atomic E-state index is 13.4. The summed E-state index contributed by atoms with van der Waals surface area (Å²) >= 11 is 0. The highest BCUT2D eigenvalue weighted by molar-refractivity contribution is 14.0. The normalized spacial score (nSPS) is 12.2. The molecule has 2 rings (SSSR count). The number of nitrogens with one attached hydrogen (secondary N) is 2. The molecule has 0 radical (unpaired) electrons. The number of benzene rings is 2. The molecule has 2 N–H and O–H groups in total. The first-order valence-corrected chi connectivity index (χ1v) is 7.99. The molecule has 0 aliphatic heterocycles. The van der Waals surface area contributed by atoms with Gasteiger partial charge < -0.3 is 15.4 Å². The van der Waals surface area contributed by atoms with Crippen LogP contribution in [0.5, 0.6) is 5.75 Å². The Bertz CT molecular complexity index is 768. The standard InChI is InChI=1S/C19H23F2N3O.HI/c1-12-7-14(9-16(8-12)25-4)11-23-19(22-3)24-13(2)15-5-6-17(20)18(21)10-15;/h5-10,13H,11H2,1-4H3,(H2,22,23,24);1H. The molecule has 0 amide bonds. The monoisotopic (exact) mass is 475 g/mol. The Morgan fingerprint density at radius 2 is 1.88 bits per heavy atom. The summed E-state index contributed by atoms with van der Waals surface area (Å²) in [7, 11) is 3.29. The first-order chi connectivity index (χ1) is 11.9. The van der Waals surface area contributed by atoms with Gasteiger partial charge >= 0.3 is 0 Å². The van der Waals surface area contributed by atoms with E-state index in [1.165, 1.54) is 6.07 Å². The Labute approximate surface area is 170 Å². The van der Waals surface area contributed by atoms with Crippen LogP contribution >= 0.6 is 24.0 Å². The van der Waals surface area contributed by atoms with Crippen LogP contribution in [-0.4, -0.2) is 20.1 Å². The van der Waals surface area contributed by atoms with E-state index in [0.29, 0.717) is 18.1 Å². The molecule has 0 aliphatic carbocycles. The van der Waals surface area contributed by atoms with Crippen LogP contribution in [0.3, 0.4) is 0 Å². The van der Waals surface area contributed by atoms with Crippen molar-refractivity contribution >= 4 is 29.9 Å². The Hall–Kier alpha value is -1.90. The number of rotatable bonds is 5. The number of guanidine groups is 1. The molecule has 0 fully saturated rings. The minimum atomic E-state index is -0.860. The molecule has 0 spiro atoms. The van der Waals surface area contributed by atoms with E-state index < -0.39 is 11.6 Å². The van der Waals surface area contributed by atoms with E-state index in [1.807, 2.05) is 26.0 Å². The third kappa shape index (κ3) is 6.12. The van der Waals surface area contributed by atoms with Crippen molar-refractivity contribution < 1.29 is 13.5 Å². The Morgan fingerprint density at radius 1 is 1.15 bits per heavy atom. The molecule has 2 aromatic rings. The molecule has 0 aromatic heterocycles. The number of aliphatic imine (C=N–C) groups is 1. The largest absolute Gasteiger partial charge is 0.497 e. The fourth-order valence-electron chi connectivity index (χ4n) is 2.50. The SMILES string of the molecule is CN=C(NCc1cc(C)cc(OC)c1)NC(C)c1ccc(F)c(F)c1.I. The molecule has 1 unspecified atom stereocenters. The van der Waals surface area contributed by atoms with E-state index in [1.54, 1.807) is 20.2 Å². The minimum Gasteiger partial charge on any atom is -0.497 e. The molecule has 142 valence electrons. The molecular formula is C19H24F2IN3O. The molecule has 0 bridgehead atoms. The van der Waals surface area contributed by atoms with E-state index in [2.05, 4.69) is 21.7 Å². The van der Waals surface area contributed by atoms with Crippen molar-refractivity contribution in [3.8, 4) is 5.75 Å². The summed E-state index contributed by atoms with van der Waals surface area (Å²) in [6.07, 6.45) is 0. The molecule has 0 saturated carbocycles. The maximum Gasteiger partial charge on any atom is 0.191 e. The Morgan fingerprint density at radius 3 is 2.50 bits per heavy atom. The molecular weight excluding hydrogens is 451 g/mol. The smallest absolute Gasteiger partial charge is 0.191 e. The molecule has 4 nitrogen and oxygen atoms in total. The summed E-state index contributed by atoms with van der Waals surface area (Å²) in [6, 6.07) is 9.60. The summed E-state index contributed by atoms with van der Waals surface area (Å²) in [6.45, 7) is 4.42. The molecule has 0 saturated heterocycles. The first-order valence-electron chi connectivity index (χ1n) is 7.99. The fraction of sp³-hybridized carbons (Fsp3) is 0.316. The number of nitrogens with zero attached hydrogens (tertiary/aromatic N) is 1. The highest BCUT2D eigenvalue weighted by Crippen LogP contribution is 2.17. The second-order valence-corrected chi connectivity index (χ2v) is 5.82. The molecule has 2 aromatic carbocycles. The number of halogens is 3. The summed E-state index contributed by atoms with van der Waals surface area (Å²) in [4.78, 5) is 4.17. The van der Waals surface area contributed by atoms with Gasteiger partial charge in [0.15, 0.2) is 17.6 Å². The topological polar surface area (TPSA) is 45.7 Å². The highest BCUT2D eigenvalue weighted by atomic mass is 127. The minimum absolute atomic E-state index is 0. The zero-order chi connectivity index (χ0) is 18.4. The second-order valence-electron chi connectivity index (χ2n) is 5.82. The number of aryl methyl sites for hydroxylation is 1. The van der Waals surface area contributed by atoms with Crippen molar-refractivity contribution in [2.75, 3.05) is 14.2 Å². The van der Waals surface area contributed by atoms with Gasteiger partial charge in [0.05, 0.1) is 13.2 Å². The number of methoxy groups -OCH3 is 1. The summed E-state index contributed by atoms with van der Waals surface area (Å²) in [5.74, 6) is -0.347. The first kappa shape index (κ1) is 22.1. The van der Waals surface area contributed by atoms with Crippen LogP contribution in [0.1, 0.15) is 29.7 Å². The lowest BCUT2D eigenvalue weighted by atomic mass is 10.1. The van der Waals surface area contributed by atoms with Gasteiger partial charge in [0.1, 0.15) is 5.75 Å². The van der Waals surface area contributed by atoms with Gasteiger partial charge in [-0.3, -0.25) is 4.99 Å². The van der Waals surface area contributed by atoms with Gasteiger partial charge in [-0.15, -0.1) is 24.0 Å². The van der Waals surface area contributed by atoms with Gasteiger partial charge in [0.2, 0.25) is 0 Å². The van der Waals surface area contributed by atoms with E-state index in [-0.39, 0.29) is 30.0 Å². The van der Waals surface area contributed by atoms with Crippen LogP contribution in [0.4, 0.5) is 8.78 Å². The third-order valence-corrected chi connectivity index (χ3v) is 3.83. The molecule has 0 heterocycles. The molecule has 26 heavy (non-hydrogen) atoms. The van der Waals surface area contributed by atoms with E-state index in [9.17, 15) is 8.78 Å². The number of hydrogen-bond donors (Lipinski definition) is 2. The Balaban J connectivity index is 0.00000338. The second kappa shape index (κ2) is 10.3. The fourth-order valence-corrected chi connectivity index (χ4v) is 2.50. The lowest BCUT2D eigenvalue weighted by molar-refractivity contribution is 0.414. The van der Waals surface area contributed by atoms with Crippen LogP contribution in [0.15, 0.2) is 41.4 Å². The van der Waals surface area contributed by atoms with Crippen molar-refractivity contribution in [3.63, 3.8) is 0 Å². The quantitative estimate of drug-likeness (QED) is 0.385. The van der Waals surface area contributed by atoms with Crippen molar-refractivity contribution in [2.45, 2.75) is 26.4 Å². The van der Waals surface area contributed by atoms with Crippen LogP contribution in [0.25, 0.3) is 0 Å². The third-order valence-electron chi connectivity index (χ3n) is 3.83. The zero-order valence-electron chi connectivity index (χ0n) is 15.3. The van der Waals surface area contributed by atoms with Crippen molar-refractivity contribution in [2.24, 2.45) is 4.99 Å². The average molecular weight is 475 g/mol. The zero-order valence-corrected chi connectivity index (χ0v) is 17.6. The summed E-state index contributed by atoms with van der Waals surface area (Å²) < 4.78 is 31.7. The van der Waals surface area contributed by atoms with Crippen LogP contribution < -0.4 is 15.4 Å². The van der Waals surface area contributed by atoms with Gasteiger partial charge in [0, 0.05) is 13.6 Å². The van der Waals surface area contributed by atoms with E-state index >= 15 is 0 Å². The average Bonchev–Trinajstić information content (AvgIpc) is 2.60. The maximum atomic E-state index is 13.4.